The fraction of sp³-hybridized carbons (Fsp3) is 0.231. The highest BCUT2D eigenvalue weighted by atomic mass is 16.5. The van der Waals surface area contributed by atoms with E-state index in [0.717, 1.165) is 11.3 Å². The molecule has 0 fully saturated rings. The van der Waals surface area contributed by atoms with Crippen LogP contribution in [0.15, 0.2) is 30.4 Å². The number of hydrogen-bond donors (Lipinski definition) is 2. The number of nitrogens with one attached hydrogen (secondary N) is 1. The molecule has 0 atom stereocenters. The maximum atomic E-state index is 11.2. The van der Waals surface area contributed by atoms with Crippen LogP contribution >= 0.6 is 0 Å². The number of carboxylic acids is 1. The van der Waals surface area contributed by atoms with Crippen molar-refractivity contribution in [3.63, 3.8) is 0 Å². The fourth-order valence-corrected chi connectivity index (χ4v) is 1.67. The van der Waals surface area contributed by atoms with Crippen molar-refractivity contribution < 1.29 is 19.4 Å². The molecule has 94 valence electrons. The van der Waals surface area contributed by atoms with Gasteiger partial charge < -0.3 is 15.2 Å². The maximum absolute atomic E-state index is 11.2. The van der Waals surface area contributed by atoms with Gasteiger partial charge in [-0.05, 0) is 18.1 Å². The van der Waals surface area contributed by atoms with Crippen LogP contribution in [0.3, 0.4) is 0 Å². The number of carbonyl (C=O) groups excluding carboxylic acids is 1. The second kappa shape index (κ2) is 4.91. The zero-order chi connectivity index (χ0) is 13.1. The second-order valence-electron chi connectivity index (χ2n) is 4.06. The van der Waals surface area contributed by atoms with E-state index in [4.69, 9.17) is 9.84 Å². The normalized spacial score (nSPS) is 13.4. The Hall–Kier alpha value is -2.30. The van der Waals surface area contributed by atoms with E-state index in [1.54, 1.807) is 12.1 Å². The quantitative estimate of drug-likeness (QED) is 0.792. The number of benzene rings is 1. The van der Waals surface area contributed by atoms with Crippen molar-refractivity contribution in [2.75, 3.05) is 11.9 Å². The van der Waals surface area contributed by atoms with E-state index in [-0.39, 0.29) is 18.1 Å². The first kappa shape index (κ1) is 12.2. The van der Waals surface area contributed by atoms with Gasteiger partial charge in [-0.15, -0.1) is 0 Å². The molecule has 1 aliphatic heterocycles. The first-order valence-corrected chi connectivity index (χ1v) is 5.53. The summed E-state index contributed by atoms with van der Waals surface area (Å²) in [6.45, 7) is 3.29. The number of anilines is 1. The minimum Gasteiger partial charge on any atom is -0.489 e. The standard InChI is InChI=1S/C13H13NO4/c1-8(13(16)17)7-18-10-4-2-9-3-5-12(15)14-11(9)6-10/h2,4,6H,1,3,5,7H2,(H,14,15)(H,16,17). The van der Waals surface area contributed by atoms with E-state index in [1.807, 2.05) is 6.07 Å². The topological polar surface area (TPSA) is 75.6 Å². The molecule has 0 saturated carbocycles. The van der Waals surface area contributed by atoms with Gasteiger partial charge in [-0.1, -0.05) is 12.6 Å². The minimum atomic E-state index is -1.08. The lowest BCUT2D eigenvalue weighted by atomic mass is 10.0. The molecule has 0 unspecified atom stereocenters. The van der Waals surface area contributed by atoms with E-state index >= 15 is 0 Å². The van der Waals surface area contributed by atoms with Crippen LogP contribution in [0.1, 0.15) is 12.0 Å². The number of amides is 1. The summed E-state index contributed by atoms with van der Waals surface area (Å²) in [5.41, 5.74) is 1.76. The summed E-state index contributed by atoms with van der Waals surface area (Å²) in [5, 5.41) is 11.4. The monoisotopic (exact) mass is 247 g/mol. The van der Waals surface area contributed by atoms with Gasteiger partial charge in [0.15, 0.2) is 0 Å². The van der Waals surface area contributed by atoms with Crippen molar-refractivity contribution in [1.29, 1.82) is 0 Å². The molecule has 5 heteroatoms. The van der Waals surface area contributed by atoms with Crippen LogP contribution in [0.5, 0.6) is 5.75 Å². The third kappa shape index (κ3) is 2.68. The Morgan fingerprint density at radius 3 is 2.94 bits per heavy atom. The fourth-order valence-electron chi connectivity index (χ4n) is 1.67. The van der Waals surface area contributed by atoms with Crippen LogP contribution in [0.2, 0.25) is 0 Å². The molecule has 0 spiro atoms. The summed E-state index contributed by atoms with van der Waals surface area (Å²) >= 11 is 0. The van der Waals surface area contributed by atoms with Gasteiger partial charge in [0.1, 0.15) is 12.4 Å². The highest BCUT2D eigenvalue weighted by molar-refractivity contribution is 5.94. The van der Waals surface area contributed by atoms with Crippen molar-refractivity contribution >= 4 is 17.6 Å². The molecule has 18 heavy (non-hydrogen) atoms. The zero-order valence-corrected chi connectivity index (χ0v) is 9.73. The Morgan fingerprint density at radius 1 is 1.44 bits per heavy atom. The smallest absolute Gasteiger partial charge is 0.334 e. The Balaban J connectivity index is 2.07. The molecular weight excluding hydrogens is 234 g/mol. The lowest BCUT2D eigenvalue weighted by Crippen LogP contribution is -2.19. The Kier molecular flexibility index (Phi) is 3.32. The van der Waals surface area contributed by atoms with Crippen molar-refractivity contribution in [3.8, 4) is 5.75 Å². The van der Waals surface area contributed by atoms with E-state index in [9.17, 15) is 9.59 Å². The molecule has 0 bridgehead atoms. The number of carboxylic acid groups (broad SMARTS) is 1. The molecule has 1 amide bonds. The molecule has 0 aromatic heterocycles. The van der Waals surface area contributed by atoms with Gasteiger partial charge in [0.2, 0.25) is 5.91 Å². The summed E-state index contributed by atoms with van der Waals surface area (Å²) in [7, 11) is 0. The lowest BCUT2D eigenvalue weighted by Gasteiger charge is -2.17. The zero-order valence-electron chi connectivity index (χ0n) is 9.73. The second-order valence-corrected chi connectivity index (χ2v) is 4.06. The van der Waals surface area contributed by atoms with Crippen LogP contribution in [-0.2, 0) is 16.0 Å². The van der Waals surface area contributed by atoms with Crippen LogP contribution < -0.4 is 10.1 Å². The number of aryl methyl sites for hydroxylation is 1. The van der Waals surface area contributed by atoms with Crippen molar-refractivity contribution in [3.05, 3.63) is 35.9 Å². The third-order valence-electron chi connectivity index (χ3n) is 2.69. The van der Waals surface area contributed by atoms with Crippen LogP contribution in [-0.4, -0.2) is 23.6 Å². The molecule has 1 aliphatic rings. The van der Waals surface area contributed by atoms with E-state index < -0.39 is 5.97 Å². The molecule has 0 radical (unpaired) electrons. The highest BCUT2D eigenvalue weighted by Crippen LogP contribution is 2.27. The predicted molar refractivity (Wildman–Crippen MR) is 65.7 cm³/mol. The van der Waals surface area contributed by atoms with E-state index in [0.29, 0.717) is 18.6 Å². The highest BCUT2D eigenvalue weighted by Gasteiger charge is 2.15. The predicted octanol–water partition coefficient (Wildman–Crippen LogP) is 1.59. The molecule has 0 saturated heterocycles. The number of carbonyl (C=O) groups is 2. The van der Waals surface area contributed by atoms with Gasteiger partial charge in [0.25, 0.3) is 0 Å². The minimum absolute atomic E-state index is 0.0169. The SMILES string of the molecule is C=C(COc1ccc2c(c1)NC(=O)CC2)C(=O)O. The van der Waals surface area contributed by atoms with Gasteiger partial charge in [-0.25, -0.2) is 4.79 Å². The average Bonchev–Trinajstić information content (AvgIpc) is 2.35. The van der Waals surface area contributed by atoms with Crippen molar-refractivity contribution in [2.45, 2.75) is 12.8 Å². The molecule has 1 aromatic carbocycles. The molecule has 1 aromatic rings. The van der Waals surface area contributed by atoms with Gasteiger partial charge in [0, 0.05) is 18.2 Å². The Morgan fingerprint density at radius 2 is 2.22 bits per heavy atom. The maximum Gasteiger partial charge on any atom is 0.334 e. The third-order valence-corrected chi connectivity index (χ3v) is 2.69. The Bertz CT molecular complexity index is 522. The largest absolute Gasteiger partial charge is 0.489 e. The average molecular weight is 247 g/mol. The number of rotatable bonds is 4. The van der Waals surface area contributed by atoms with Crippen LogP contribution in [0.25, 0.3) is 0 Å². The van der Waals surface area contributed by atoms with Crippen molar-refractivity contribution in [2.24, 2.45) is 0 Å². The van der Waals surface area contributed by atoms with E-state index in [2.05, 4.69) is 11.9 Å². The number of ether oxygens (including phenoxy) is 1. The Labute approximate surface area is 104 Å². The molecular formula is C13H13NO4. The summed E-state index contributed by atoms with van der Waals surface area (Å²) in [6, 6.07) is 5.32. The summed E-state index contributed by atoms with van der Waals surface area (Å²) < 4.78 is 5.30. The van der Waals surface area contributed by atoms with Gasteiger partial charge >= 0.3 is 5.97 Å². The van der Waals surface area contributed by atoms with Gasteiger partial charge in [-0.3, -0.25) is 4.79 Å². The van der Waals surface area contributed by atoms with Crippen LogP contribution in [0, 0.1) is 0 Å². The summed E-state index contributed by atoms with van der Waals surface area (Å²) in [6.07, 6.45) is 1.20. The molecule has 5 nitrogen and oxygen atoms in total. The first-order valence-electron chi connectivity index (χ1n) is 5.53. The van der Waals surface area contributed by atoms with E-state index in [1.165, 1.54) is 0 Å². The molecule has 1 heterocycles. The first-order chi connectivity index (χ1) is 8.56. The molecule has 0 aliphatic carbocycles. The number of fused-ring (bicyclic) bond motifs is 1. The molecule has 2 rings (SSSR count). The lowest BCUT2D eigenvalue weighted by molar-refractivity contribution is -0.133. The van der Waals surface area contributed by atoms with Crippen molar-refractivity contribution in [1.82, 2.24) is 0 Å². The van der Waals surface area contributed by atoms with Crippen LogP contribution in [0.4, 0.5) is 5.69 Å². The van der Waals surface area contributed by atoms with Gasteiger partial charge in [-0.2, -0.15) is 0 Å². The summed E-state index contributed by atoms with van der Waals surface area (Å²) in [5.74, 6) is -0.589. The van der Waals surface area contributed by atoms with Gasteiger partial charge in [0.05, 0.1) is 5.57 Å². The number of aliphatic carboxylic acids is 1. The molecule has 2 N–H and O–H groups in total. The number of hydrogen-bond acceptors (Lipinski definition) is 3. The summed E-state index contributed by atoms with van der Waals surface area (Å²) in [4.78, 5) is 21.8.